The van der Waals surface area contributed by atoms with Crippen molar-refractivity contribution in [3.05, 3.63) is 109 Å². The van der Waals surface area contributed by atoms with E-state index in [1.165, 1.54) is 135 Å². The van der Waals surface area contributed by atoms with E-state index in [2.05, 4.69) is 106 Å². The van der Waals surface area contributed by atoms with Gasteiger partial charge in [0.1, 0.15) is 13.2 Å². The van der Waals surface area contributed by atoms with Gasteiger partial charge >= 0.3 is 17.9 Å². The van der Waals surface area contributed by atoms with Gasteiger partial charge in [0.2, 0.25) is 0 Å². The van der Waals surface area contributed by atoms with Gasteiger partial charge in [-0.2, -0.15) is 0 Å². The van der Waals surface area contributed by atoms with E-state index in [1.54, 1.807) is 0 Å². The molecule has 1 unspecified atom stereocenters. The summed E-state index contributed by atoms with van der Waals surface area (Å²) in [5.41, 5.74) is 0. The van der Waals surface area contributed by atoms with Crippen LogP contribution >= 0.6 is 0 Å². The molecule has 0 aliphatic heterocycles. The van der Waals surface area contributed by atoms with E-state index < -0.39 is 6.10 Å². The summed E-state index contributed by atoms with van der Waals surface area (Å²) in [6, 6.07) is 0. The average molecular weight is 1000 g/mol. The second-order valence-corrected chi connectivity index (χ2v) is 19.7. The molecule has 72 heavy (non-hydrogen) atoms. The van der Waals surface area contributed by atoms with Crippen LogP contribution < -0.4 is 0 Å². The summed E-state index contributed by atoms with van der Waals surface area (Å²) in [7, 11) is 0. The van der Waals surface area contributed by atoms with Gasteiger partial charge in [0.15, 0.2) is 6.10 Å². The number of rotatable bonds is 53. The van der Waals surface area contributed by atoms with Crippen molar-refractivity contribution in [1.29, 1.82) is 0 Å². The maximum absolute atomic E-state index is 12.9. The van der Waals surface area contributed by atoms with Crippen molar-refractivity contribution in [2.75, 3.05) is 13.2 Å². The molecule has 0 aromatic rings. The molecule has 0 aliphatic carbocycles. The minimum absolute atomic E-state index is 0.105. The molecule has 0 N–H and O–H groups in total. The van der Waals surface area contributed by atoms with Crippen LogP contribution in [0.3, 0.4) is 0 Å². The Morgan fingerprint density at radius 2 is 0.597 bits per heavy atom. The third kappa shape index (κ3) is 57.0. The van der Waals surface area contributed by atoms with E-state index in [0.717, 1.165) is 89.9 Å². The molecule has 0 aromatic carbocycles. The topological polar surface area (TPSA) is 78.9 Å². The normalized spacial score (nSPS) is 12.9. The highest BCUT2D eigenvalue weighted by Gasteiger charge is 2.19. The summed E-state index contributed by atoms with van der Waals surface area (Å²) in [5, 5.41) is 0. The molecule has 0 saturated heterocycles. The van der Waals surface area contributed by atoms with Gasteiger partial charge in [-0.1, -0.05) is 284 Å². The van der Waals surface area contributed by atoms with Crippen molar-refractivity contribution in [3.63, 3.8) is 0 Å². The van der Waals surface area contributed by atoms with Crippen LogP contribution in [0.5, 0.6) is 0 Å². The molecule has 0 bridgehead atoms. The second kappa shape index (κ2) is 59.6. The first kappa shape index (κ1) is 68.1. The molecule has 1 atom stereocenters. The largest absolute Gasteiger partial charge is 0.462 e. The van der Waals surface area contributed by atoms with Crippen molar-refractivity contribution >= 4 is 17.9 Å². The Bertz CT molecular complexity index is 1470. The molecule has 0 aliphatic rings. The molecule has 0 rings (SSSR count). The molecule has 0 fully saturated rings. The van der Waals surface area contributed by atoms with Crippen LogP contribution in [0.4, 0.5) is 0 Å². The summed E-state index contributed by atoms with van der Waals surface area (Å²) in [6.07, 6.45) is 80.8. The first-order valence-corrected chi connectivity index (χ1v) is 30.0. The van der Waals surface area contributed by atoms with Gasteiger partial charge < -0.3 is 14.2 Å². The van der Waals surface area contributed by atoms with E-state index in [4.69, 9.17) is 14.2 Å². The van der Waals surface area contributed by atoms with Crippen LogP contribution in [0.15, 0.2) is 109 Å². The monoisotopic (exact) mass is 999 g/mol. The third-order valence-corrected chi connectivity index (χ3v) is 12.6. The standard InChI is InChI=1S/C66H110O6/c1-4-7-10-13-16-19-22-25-28-31-33-36-38-41-44-47-50-53-56-59-65(68)71-62-63(61-70-64(67)58-55-52-49-46-43-40-37-34-30-27-24-21-18-15-12-9-6-3)72-66(69)60-57-54-51-48-45-42-39-35-32-29-26-23-20-17-14-11-8-5-2/h11,14,17-18,20-21,23,26-27,29-30,32,35,37,39-40,46,49,63H,4-10,12-13,15-16,19,22,24-25,28,31,33-34,36,38,41-45,47-48,50-62H2,1-3H3/b14-11-,20-17-,21-18-,26-23-,30-27-,32-29-,39-35-,40-37-,49-46-. The molecule has 6 nitrogen and oxygen atoms in total. The van der Waals surface area contributed by atoms with Crippen LogP contribution in [0.2, 0.25) is 0 Å². The predicted octanol–water partition coefficient (Wildman–Crippen LogP) is 20.3. The first-order valence-electron chi connectivity index (χ1n) is 30.0. The van der Waals surface area contributed by atoms with Gasteiger partial charge in [-0.05, 0) is 77.0 Å². The minimum atomic E-state index is -0.815. The summed E-state index contributed by atoms with van der Waals surface area (Å²) in [5.74, 6) is -0.984. The number of carbonyl (C=O) groups excluding carboxylic acids is 3. The highest BCUT2D eigenvalue weighted by Crippen LogP contribution is 2.16. The summed E-state index contributed by atoms with van der Waals surface area (Å²) in [6.45, 7) is 6.47. The maximum Gasteiger partial charge on any atom is 0.306 e. The van der Waals surface area contributed by atoms with E-state index in [-0.39, 0.29) is 44.0 Å². The number of hydrogen-bond acceptors (Lipinski definition) is 6. The summed E-state index contributed by atoms with van der Waals surface area (Å²) < 4.78 is 16.8. The molecule has 410 valence electrons. The lowest BCUT2D eigenvalue weighted by atomic mass is 10.0. The maximum atomic E-state index is 12.9. The molecule has 0 aromatic heterocycles. The van der Waals surface area contributed by atoms with Crippen molar-refractivity contribution in [3.8, 4) is 0 Å². The molecule has 0 radical (unpaired) electrons. The number of ether oxygens (including phenoxy) is 3. The summed E-state index contributed by atoms with van der Waals surface area (Å²) in [4.78, 5) is 38.2. The average Bonchev–Trinajstić information content (AvgIpc) is 3.38. The Balaban J connectivity index is 4.51. The van der Waals surface area contributed by atoms with E-state index in [0.29, 0.717) is 12.8 Å². The van der Waals surface area contributed by atoms with Crippen LogP contribution in [0.25, 0.3) is 0 Å². The number of hydrogen-bond donors (Lipinski definition) is 0. The number of unbranched alkanes of at least 4 members (excludes halogenated alkanes) is 28. The fourth-order valence-electron chi connectivity index (χ4n) is 8.11. The zero-order valence-electron chi connectivity index (χ0n) is 46.9. The molecule has 0 spiro atoms. The zero-order chi connectivity index (χ0) is 52.2. The molecule has 0 amide bonds. The van der Waals surface area contributed by atoms with Gasteiger partial charge in [-0.3, -0.25) is 14.4 Å². The second-order valence-electron chi connectivity index (χ2n) is 19.7. The molecular weight excluding hydrogens is 889 g/mol. The van der Waals surface area contributed by atoms with Gasteiger partial charge in [0.05, 0.1) is 0 Å². The van der Waals surface area contributed by atoms with Crippen LogP contribution in [0, 0.1) is 0 Å². The van der Waals surface area contributed by atoms with Crippen LogP contribution in [-0.4, -0.2) is 37.2 Å². The van der Waals surface area contributed by atoms with Gasteiger partial charge in [0.25, 0.3) is 0 Å². The van der Waals surface area contributed by atoms with Crippen molar-refractivity contribution in [2.24, 2.45) is 0 Å². The van der Waals surface area contributed by atoms with Crippen LogP contribution in [-0.2, 0) is 28.6 Å². The van der Waals surface area contributed by atoms with E-state index in [9.17, 15) is 14.4 Å². The van der Waals surface area contributed by atoms with Crippen molar-refractivity contribution < 1.29 is 28.6 Å². The first-order chi connectivity index (χ1) is 35.5. The Hall–Kier alpha value is -3.93. The van der Waals surface area contributed by atoms with E-state index >= 15 is 0 Å². The molecule has 6 heteroatoms. The SMILES string of the molecule is CCC\C=C/C=C\C=C/C=C\C=C/CCCCCCCC(=O)OC(COC(=O)CCC/C=C\C/C=C\C/C=C\C/C=C\CCCCC)COC(=O)CCCCCCCCCCCCCCCCCCCCC. The van der Waals surface area contributed by atoms with Gasteiger partial charge in [0, 0.05) is 19.3 Å². The Morgan fingerprint density at radius 3 is 1.04 bits per heavy atom. The molecule has 0 heterocycles. The van der Waals surface area contributed by atoms with E-state index in [1.807, 2.05) is 24.3 Å². The van der Waals surface area contributed by atoms with Crippen molar-refractivity contribution in [1.82, 2.24) is 0 Å². The Kier molecular flexibility index (Phi) is 56.4. The highest BCUT2D eigenvalue weighted by molar-refractivity contribution is 5.71. The fraction of sp³-hybridized carbons (Fsp3) is 0.682. The highest BCUT2D eigenvalue weighted by atomic mass is 16.6. The quantitative estimate of drug-likeness (QED) is 0.0199. The Morgan fingerprint density at radius 1 is 0.292 bits per heavy atom. The Labute approximate surface area is 444 Å². The summed E-state index contributed by atoms with van der Waals surface area (Å²) >= 11 is 0. The van der Waals surface area contributed by atoms with Gasteiger partial charge in [-0.25, -0.2) is 0 Å². The number of esters is 3. The van der Waals surface area contributed by atoms with Crippen LogP contribution in [0.1, 0.15) is 271 Å². The zero-order valence-corrected chi connectivity index (χ0v) is 46.9. The predicted molar refractivity (Wildman–Crippen MR) is 311 cm³/mol. The lowest BCUT2D eigenvalue weighted by molar-refractivity contribution is -0.167. The number of carbonyl (C=O) groups is 3. The molecule has 0 saturated carbocycles. The van der Waals surface area contributed by atoms with Crippen molar-refractivity contribution in [2.45, 2.75) is 277 Å². The van der Waals surface area contributed by atoms with Gasteiger partial charge in [-0.15, -0.1) is 0 Å². The smallest absolute Gasteiger partial charge is 0.306 e. The molecular formula is C66H110O6. The third-order valence-electron chi connectivity index (χ3n) is 12.6. The lowest BCUT2D eigenvalue weighted by Gasteiger charge is -2.18. The lowest BCUT2D eigenvalue weighted by Crippen LogP contribution is -2.30. The fourth-order valence-corrected chi connectivity index (χ4v) is 8.11. The number of allylic oxidation sites excluding steroid dienone is 18. The minimum Gasteiger partial charge on any atom is -0.462 e.